The van der Waals surface area contributed by atoms with Crippen LogP contribution in [-0.4, -0.2) is 5.11 Å². The maximum atomic E-state index is 9.68. The zero-order valence-corrected chi connectivity index (χ0v) is 9.53. The van der Waals surface area contributed by atoms with Gasteiger partial charge in [-0.1, -0.05) is 55.5 Å². The smallest absolute Gasteiger partial charge is 0.141 e. The fourth-order valence-electron chi connectivity index (χ4n) is 1.19. The van der Waals surface area contributed by atoms with Crippen LogP contribution in [0.3, 0.4) is 0 Å². The van der Waals surface area contributed by atoms with Gasteiger partial charge in [0.25, 0.3) is 0 Å². The van der Waals surface area contributed by atoms with E-state index in [2.05, 4.69) is 30.6 Å². The largest absolute Gasteiger partial charge is 0.376 e. The third kappa shape index (κ3) is 4.69. The Balaban J connectivity index is 2.48. The monoisotopic (exact) mass is 212 g/mol. The molecule has 0 saturated carbocycles. The Labute approximate surface area is 97.5 Å². The van der Waals surface area contributed by atoms with Crippen molar-refractivity contribution in [2.75, 3.05) is 0 Å². The highest BCUT2D eigenvalue weighted by Gasteiger charge is 1.99. The van der Waals surface area contributed by atoms with Crippen molar-refractivity contribution >= 4 is 0 Å². The van der Waals surface area contributed by atoms with Gasteiger partial charge in [0.15, 0.2) is 0 Å². The van der Waals surface area contributed by atoms with Crippen LogP contribution in [0.25, 0.3) is 0 Å². The quantitative estimate of drug-likeness (QED) is 0.603. The molecule has 1 unspecified atom stereocenters. The third-order valence-electron chi connectivity index (χ3n) is 2.13. The molecule has 1 nitrogen and oxygen atoms in total. The van der Waals surface area contributed by atoms with E-state index in [-0.39, 0.29) is 0 Å². The summed E-state index contributed by atoms with van der Waals surface area (Å²) >= 11 is 0. The van der Waals surface area contributed by atoms with Crippen molar-refractivity contribution in [1.82, 2.24) is 0 Å². The van der Waals surface area contributed by atoms with E-state index >= 15 is 0 Å². The van der Waals surface area contributed by atoms with Crippen molar-refractivity contribution in [3.05, 3.63) is 35.9 Å². The summed E-state index contributed by atoms with van der Waals surface area (Å²) < 4.78 is 0. The molecule has 1 heteroatoms. The maximum Gasteiger partial charge on any atom is 0.141 e. The van der Waals surface area contributed by atoms with Crippen LogP contribution in [0.5, 0.6) is 0 Å². The molecule has 0 spiro atoms. The lowest BCUT2D eigenvalue weighted by Gasteiger charge is -2.00. The number of unbranched alkanes of at least 4 members (excludes halogenated alkanes) is 2. The number of hydrogen-bond donors (Lipinski definition) is 1. The first-order valence-electron chi connectivity index (χ1n) is 5.56. The lowest BCUT2D eigenvalue weighted by atomic mass is 10.1. The van der Waals surface area contributed by atoms with E-state index in [1.54, 1.807) is 0 Å². The van der Waals surface area contributed by atoms with Gasteiger partial charge in [-0.15, -0.1) is 0 Å². The second-order valence-corrected chi connectivity index (χ2v) is 3.49. The van der Waals surface area contributed by atoms with Gasteiger partial charge in [0, 0.05) is 6.42 Å². The molecule has 0 aromatic heterocycles. The van der Waals surface area contributed by atoms with Gasteiger partial charge in [-0.25, -0.2) is 0 Å². The van der Waals surface area contributed by atoms with Crippen molar-refractivity contribution in [3.63, 3.8) is 0 Å². The van der Waals surface area contributed by atoms with Crippen molar-refractivity contribution < 1.29 is 5.11 Å². The Kier molecular flexibility index (Phi) is 5.86. The first-order valence-corrected chi connectivity index (χ1v) is 5.56. The summed E-state index contributed by atoms with van der Waals surface area (Å²) in [4.78, 5) is 0. The number of hydrogen-bond acceptors (Lipinski definition) is 1. The topological polar surface area (TPSA) is 20.2 Å². The molecule has 0 bridgehead atoms. The lowest BCUT2D eigenvalue weighted by molar-refractivity contribution is 0.238. The number of benzene rings is 1. The molecule has 1 aromatic rings. The first-order chi connectivity index (χ1) is 7.84. The van der Waals surface area contributed by atoms with Crippen LogP contribution < -0.4 is 0 Å². The molecule has 0 saturated heterocycles. The maximum absolute atomic E-state index is 9.68. The van der Waals surface area contributed by atoms with Gasteiger partial charge >= 0.3 is 0 Å². The molecule has 0 aliphatic carbocycles. The van der Waals surface area contributed by atoms with E-state index in [1.807, 2.05) is 30.3 Å². The van der Waals surface area contributed by atoms with Gasteiger partial charge in [0.2, 0.25) is 0 Å². The van der Waals surface area contributed by atoms with E-state index in [9.17, 15) is 5.11 Å². The zero-order valence-electron chi connectivity index (χ0n) is 9.53. The molecule has 0 amide bonds. The Bertz CT molecular complexity index is 411. The van der Waals surface area contributed by atoms with E-state index in [4.69, 9.17) is 0 Å². The van der Waals surface area contributed by atoms with Crippen LogP contribution in [0.1, 0.15) is 37.9 Å². The summed E-state index contributed by atoms with van der Waals surface area (Å²) in [6.07, 6.45) is 2.40. The molecular formula is C15H16O. The van der Waals surface area contributed by atoms with E-state index in [1.165, 1.54) is 0 Å². The minimum Gasteiger partial charge on any atom is -0.376 e. The summed E-state index contributed by atoms with van der Waals surface area (Å²) in [5, 5.41) is 9.68. The number of rotatable bonds is 3. The van der Waals surface area contributed by atoms with Crippen LogP contribution in [-0.2, 0) is 0 Å². The van der Waals surface area contributed by atoms with Crippen LogP contribution in [0.2, 0.25) is 0 Å². The van der Waals surface area contributed by atoms with Crippen molar-refractivity contribution in [2.24, 2.45) is 0 Å². The Hall–Kier alpha value is -1.70. The van der Waals surface area contributed by atoms with Crippen molar-refractivity contribution in [3.8, 4) is 23.7 Å². The minimum atomic E-state index is -0.735. The molecule has 0 aliphatic heterocycles. The number of aliphatic hydroxyl groups excluding tert-OH is 1. The summed E-state index contributed by atoms with van der Waals surface area (Å²) in [5.74, 6) is 11.1. The highest BCUT2D eigenvalue weighted by Crippen LogP contribution is 2.09. The molecule has 0 aliphatic rings. The fourth-order valence-corrected chi connectivity index (χ4v) is 1.19. The summed E-state index contributed by atoms with van der Waals surface area (Å²) in [6.45, 7) is 2.13. The number of aliphatic hydroxyl groups is 1. The molecule has 1 rings (SSSR count). The molecule has 0 fully saturated rings. The van der Waals surface area contributed by atoms with Crippen molar-refractivity contribution in [1.29, 1.82) is 0 Å². The lowest BCUT2D eigenvalue weighted by Crippen LogP contribution is -1.91. The van der Waals surface area contributed by atoms with Gasteiger partial charge in [-0.2, -0.15) is 0 Å². The van der Waals surface area contributed by atoms with Crippen LogP contribution >= 0.6 is 0 Å². The fraction of sp³-hybridized carbons (Fsp3) is 0.333. The Morgan fingerprint density at radius 2 is 1.94 bits per heavy atom. The van der Waals surface area contributed by atoms with Crippen LogP contribution in [0.15, 0.2) is 30.3 Å². The molecular weight excluding hydrogens is 196 g/mol. The average molecular weight is 212 g/mol. The first kappa shape index (κ1) is 12.4. The molecule has 82 valence electrons. The van der Waals surface area contributed by atoms with Gasteiger partial charge in [0.1, 0.15) is 6.10 Å². The predicted octanol–water partition coefficient (Wildman–Crippen LogP) is 2.92. The molecule has 1 N–H and O–H groups in total. The van der Waals surface area contributed by atoms with Gasteiger partial charge in [-0.05, 0) is 23.8 Å². The van der Waals surface area contributed by atoms with E-state index in [0.717, 1.165) is 24.8 Å². The summed E-state index contributed by atoms with van der Waals surface area (Å²) in [5.41, 5.74) is 0.811. The Morgan fingerprint density at radius 3 is 2.62 bits per heavy atom. The molecule has 0 radical (unpaired) electrons. The van der Waals surface area contributed by atoms with Crippen LogP contribution in [0.4, 0.5) is 0 Å². The molecule has 1 aromatic carbocycles. The summed E-state index contributed by atoms with van der Waals surface area (Å²) in [7, 11) is 0. The predicted molar refractivity (Wildman–Crippen MR) is 66.5 cm³/mol. The van der Waals surface area contributed by atoms with E-state index in [0.29, 0.717) is 0 Å². The normalized spacial score (nSPS) is 10.6. The third-order valence-corrected chi connectivity index (χ3v) is 2.13. The second-order valence-electron chi connectivity index (χ2n) is 3.49. The molecule has 0 heterocycles. The van der Waals surface area contributed by atoms with E-state index < -0.39 is 6.10 Å². The molecule has 1 atom stereocenters. The summed E-state index contributed by atoms with van der Waals surface area (Å²) in [6, 6.07) is 9.38. The Morgan fingerprint density at radius 1 is 1.19 bits per heavy atom. The molecule has 16 heavy (non-hydrogen) atoms. The van der Waals surface area contributed by atoms with Crippen molar-refractivity contribution in [2.45, 2.75) is 32.3 Å². The van der Waals surface area contributed by atoms with Gasteiger partial charge in [0.05, 0.1) is 0 Å². The van der Waals surface area contributed by atoms with Gasteiger partial charge in [-0.3, -0.25) is 0 Å². The standard InChI is InChI=1S/C15H16O/c1-2-3-4-5-6-10-13-15(16)14-11-8-7-9-12-14/h7-9,11-12,15-16H,2-4H2,1H3. The SMILES string of the molecule is CCCCC#CC#CC(O)c1ccccc1. The highest BCUT2D eigenvalue weighted by atomic mass is 16.3. The zero-order chi connectivity index (χ0) is 11.6. The highest BCUT2D eigenvalue weighted by molar-refractivity contribution is 5.31. The second kappa shape index (κ2) is 7.57. The minimum absolute atomic E-state index is 0.735. The van der Waals surface area contributed by atoms with Gasteiger partial charge < -0.3 is 5.11 Å². The average Bonchev–Trinajstić information content (AvgIpc) is 2.34. The van der Waals surface area contributed by atoms with Crippen LogP contribution in [0, 0.1) is 23.7 Å².